The number of hydrogen-bond acceptors (Lipinski definition) is 3. The molecule has 1 rings (SSSR count). The van der Waals surface area contributed by atoms with Gasteiger partial charge in [-0.25, -0.2) is 22.0 Å². The van der Waals surface area contributed by atoms with Gasteiger partial charge in [-0.2, -0.15) is 4.31 Å². The number of benzene rings is 1. The first-order valence-corrected chi connectivity index (χ1v) is 7.14. The highest BCUT2D eigenvalue weighted by Gasteiger charge is 2.29. The first kappa shape index (κ1) is 17.0. The molecular formula is C13H13F2NO4S. The number of hydrogen-bond donors (Lipinski definition) is 1. The molecule has 0 saturated heterocycles. The van der Waals surface area contributed by atoms with Crippen LogP contribution >= 0.6 is 0 Å². The molecule has 1 aromatic carbocycles. The lowest BCUT2D eigenvalue weighted by Gasteiger charge is -2.19. The second kappa shape index (κ2) is 6.59. The third-order valence-corrected chi connectivity index (χ3v) is 4.36. The number of sulfonamides is 1. The maximum atomic E-state index is 13.8. The standard InChI is InChI=1S/C13H13F2NO4S/c1-3-5-16(6-4-2)21(19,20)11-8-9(13(17)18)7-10(14)12(11)15/h3-4,7-8H,1-2,5-6H2,(H,17,18). The lowest BCUT2D eigenvalue weighted by Crippen LogP contribution is -2.32. The van der Waals surface area contributed by atoms with Crippen molar-refractivity contribution in [3.63, 3.8) is 0 Å². The van der Waals surface area contributed by atoms with Gasteiger partial charge in [0.25, 0.3) is 0 Å². The van der Waals surface area contributed by atoms with Gasteiger partial charge in [0, 0.05) is 13.1 Å². The van der Waals surface area contributed by atoms with Gasteiger partial charge in [0.05, 0.1) is 5.56 Å². The van der Waals surface area contributed by atoms with Crippen LogP contribution in [0, 0.1) is 11.6 Å². The molecule has 0 spiro atoms. The largest absolute Gasteiger partial charge is 0.478 e. The SMILES string of the molecule is C=CCN(CC=C)S(=O)(=O)c1cc(C(=O)O)cc(F)c1F. The van der Waals surface area contributed by atoms with Crippen LogP contribution in [0.1, 0.15) is 10.4 Å². The highest BCUT2D eigenvalue weighted by Crippen LogP contribution is 2.23. The molecule has 0 radical (unpaired) electrons. The zero-order valence-corrected chi connectivity index (χ0v) is 11.7. The fraction of sp³-hybridized carbons (Fsp3) is 0.154. The minimum Gasteiger partial charge on any atom is -0.478 e. The van der Waals surface area contributed by atoms with E-state index in [-0.39, 0.29) is 13.1 Å². The second-order valence-corrected chi connectivity index (χ2v) is 5.88. The molecule has 1 N–H and O–H groups in total. The maximum Gasteiger partial charge on any atom is 0.335 e. The molecule has 0 atom stereocenters. The molecule has 0 saturated carbocycles. The Morgan fingerprint density at radius 3 is 2.19 bits per heavy atom. The summed E-state index contributed by atoms with van der Waals surface area (Å²) < 4.78 is 52.5. The van der Waals surface area contributed by atoms with Crippen LogP contribution < -0.4 is 0 Å². The number of rotatable bonds is 7. The topological polar surface area (TPSA) is 74.7 Å². The third-order valence-electron chi connectivity index (χ3n) is 2.53. The number of aromatic carboxylic acids is 1. The Morgan fingerprint density at radius 2 is 1.76 bits per heavy atom. The summed E-state index contributed by atoms with van der Waals surface area (Å²) in [5.74, 6) is -4.74. The van der Waals surface area contributed by atoms with Crippen LogP contribution in [-0.2, 0) is 10.0 Å². The smallest absolute Gasteiger partial charge is 0.335 e. The average Bonchev–Trinajstić information content (AvgIpc) is 2.40. The normalized spacial score (nSPS) is 11.4. The van der Waals surface area contributed by atoms with Gasteiger partial charge in [-0.15, -0.1) is 13.2 Å². The number of halogens is 2. The van der Waals surface area contributed by atoms with E-state index in [1.54, 1.807) is 0 Å². The zero-order chi connectivity index (χ0) is 16.2. The average molecular weight is 317 g/mol. The molecule has 0 fully saturated rings. The van der Waals surface area contributed by atoms with E-state index in [1.807, 2.05) is 0 Å². The lowest BCUT2D eigenvalue weighted by molar-refractivity contribution is 0.0696. The molecule has 0 aliphatic rings. The van der Waals surface area contributed by atoms with Crippen LogP contribution in [0.25, 0.3) is 0 Å². The Labute approximate surface area is 120 Å². The second-order valence-electron chi connectivity index (χ2n) is 3.97. The summed E-state index contributed by atoms with van der Waals surface area (Å²) >= 11 is 0. The van der Waals surface area contributed by atoms with Gasteiger partial charge in [-0.05, 0) is 12.1 Å². The van der Waals surface area contributed by atoms with Crippen molar-refractivity contribution >= 4 is 16.0 Å². The Kier molecular flexibility index (Phi) is 5.34. The van der Waals surface area contributed by atoms with Crippen LogP contribution in [0.5, 0.6) is 0 Å². The van der Waals surface area contributed by atoms with Gasteiger partial charge in [-0.3, -0.25) is 0 Å². The van der Waals surface area contributed by atoms with Gasteiger partial charge in [0.1, 0.15) is 4.90 Å². The fourth-order valence-electron chi connectivity index (χ4n) is 1.57. The molecule has 0 amide bonds. The molecule has 0 aliphatic heterocycles. The van der Waals surface area contributed by atoms with Gasteiger partial charge < -0.3 is 5.11 Å². The molecule has 0 heterocycles. The summed E-state index contributed by atoms with van der Waals surface area (Å²) in [5, 5.41) is 8.81. The van der Waals surface area contributed by atoms with E-state index < -0.39 is 38.1 Å². The molecule has 0 aromatic heterocycles. The summed E-state index contributed by atoms with van der Waals surface area (Å²) in [4.78, 5) is 9.80. The van der Waals surface area contributed by atoms with E-state index >= 15 is 0 Å². The Balaban J connectivity index is 3.51. The van der Waals surface area contributed by atoms with Crippen LogP contribution in [0.3, 0.4) is 0 Å². The molecule has 8 heteroatoms. The Morgan fingerprint density at radius 1 is 1.24 bits per heavy atom. The van der Waals surface area contributed by atoms with E-state index in [1.165, 1.54) is 12.2 Å². The van der Waals surface area contributed by atoms with E-state index in [2.05, 4.69) is 13.2 Å². The Bertz CT molecular complexity index is 676. The molecule has 0 unspecified atom stereocenters. The predicted molar refractivity (Wildman–Crippen MR) is 72.5 cm³/mol. The van der Waals surface area contributed by atoms with E-state index in [0.29, 0.717) is 12.1 Å². The third kappa shape index (κ3) is 3.53. The van der Waals surface area contributed by atoms with Crippen molar-refractivity contribution in [3.05, 3.63) is 54.6 Å². The summed E-state index contributed by atoms with van der Waals surface area (Å²) in [6.07, 6.45) is 2.52. The number of nitrogens with zero attached hydrogens (tertiary/aromatic N) is 1. The van der Waals surface area contributed by atoms with Crippen molar-refractivity contribution in [2.45, 2.75) is 4.90 Å². The molecule has 5 nitrogen and oxygen atoms in total. The van der Waals surface area contributed by atoms with Crippen molar-refractivity contribution in [2.75, 3.05) is 13.1 Å². The fourth-order valence-corrected chi connectivity index (χ4v) is 3.05. The first-order valence-electron chi connectivity index (χ1n) is 5.70. The first-order chi connectivity index (χ1) is 9.75. The summed E-state index contributed by atoms with van der Waals surface area (Å²) in [6.45, 7) is 6.43. The molecule has 114 valence electrons. The molecule has 21 heavy (non-hydrogen) atoms. The van der Waals surface area contributed by atoms with Crippen LogP contribution in [-0.4, -0.2) is 36.9 Å². The van der Waals surface area contributed by atoms with Crippen LogP contribution in [0.2, 0.25) is 0 Å². The van der Waals surface area contributed by atoms with Crippen molar-refractivity contribution in [2.24, 2.45) is 0 Å². The minimum atomic E-state index is -4.42. The zero-order valence-electron chi connectivity index (χ0n) is 10.9. The number of carbonyl (C=O) groups is 1. The van der Waals surface area contributed by atoms with E-state index in [0.717, 1.165) is 4.31 Å². The lowest BCUT2D eigenvalue weighted by atomic mass is 10.2. The minimum absolute atomic E-state index is 0.160. The predicted octanol–water partition coefficient (Wildman–Crippen LogP) is 2.03. The molecular weight excluding hydrogens is 304 g/mol. The van der Waals surface area contributed by atoms with Gasteiger partial charge in [0.15, 0.2) is 11.6 Å². The summed E-state index contributed by atoms with van der Waals surface area (Å²) in [6, 6.07) is 0.997. The van der Waals surface area contributed by atoms with E-state index in [9.17, 15) is 22.0 Å². The van der Waals surface area contributed by atoms with Gasteiger partial charge in [-0.1, -0.05) is 12.2 Å². The summed E-state index contributed by atoms with van der Waals surface area (Å²) in [5.41, 5.74) is -0.662. The number of carboxylic acid groups (broad SMARTS) is 1. The van der Waals surface area contributed by atoms with Crippen LogP contribution in [0.4, 0.5) is 8.78 Å². The van der Waals surface area contributed by atoms with Crippen molar-refractivity contribution in [1.82, 2.24) is 4.31 Å². The van der Waals surface area contributed by atoms with Crippen molar-refractivity contribution in [1.29, 1.82) is 0 Å². The molecule has 1 aromatic rings. The number of carboxylic acids is 1. The highest BCUT2D eigenvalue weighted by molar-refractivity contribution is 7.89. The van der Waals surface area contributed by atoms with Gasteiger partial charge in [0.2, 0.25) is 10.0 Å². The quantitative estimate of drug-likeness (QED) is 0.781. The van der Waals surface area contributed by atoms with Crippen molar-refractivity contribution in [3.8, 4) is 0 Å². The van der Waals surface area contributed by atoms with Crippen LogP contribution in [0.15, 0.2) is 42.3 Å². The van der Waals surface area contributed by atoms with E-state index in [4.69, 9.17) is 5.11 Å². The van der Waals surface area contributed by atoms with Gasteiger partial charge >= 0.3 is 5.97 Å². The maximum absolute atomic E-state index is 13.8. The molecule has 0 bridgehead atoms. The van der Waals surface area contributed by atoms with Crippen molar-refractivity contribution < 1.29 is 27.1 Å². The summed E-state index contributed by atoms with van der Waals surface area (Å²) in [7, 11) is -4.42. The molecule has 0 aliphatic carbocycles. The Hall–Kier alpha value is -2.06. The monoisotopic (exact) mass is 317 g/mol. The highest BCUT2D eigenvalue weighted by atomic mass is 32.2.